The minimum atomic E-state index is -0.121. The fraction of sp³-hybridized carbons (Fsp3) is 0.333. The van der Waals surface area contributed by atoms with Crippen molar-refractivity contribution in [2.45, 2.75) is 26.8 Å². The highest BCUT2D eigenvalue weighted by molar-refractivity contribution is 7.12. The summed E-state index contributed by atoms with van der Waals surface area (Å²) in [6.45, 7) is 6.30. The summed E-state index contributed by atoms with van der Waals surface area (Å²) in [7, 11) is 1.69. The topological polar surface area (TPSA) is 35.2 Å². The van der Waals surface area contributed by atoms with Crippen LogP contribution in [0.3, 0.4) is 0 Å². The molecule has 1 atom stereocenters. The van der Waals surface area contributed by atoms with E-state index in [1.165, 1.54) is 20.9 Å². The summed E-state index contributed by atoms with van der Waals surface area (Å²) in [5.41, 5.74) is 9.85. The van der Waals surface area contributed by atoms with Gasteiger partial charge in [-0.15, -0.1) is 11.3 Å². The zero-order valence-electron chi connectivity index (χ0n) is 11.3. The number of methoxy groups -OCH3 is 1. The van der Waals surface area contributed by atoms with Crippen molar-refractivity contribution in [3.63, 3.8) is 0 Å². The van der Waals surface area contributed by atoms with E-state index in [0.29, 0.717) is 0 Å². The Morgan fingerprint density at radius 1 is 1.11 bits per heavy atom. The lowest BCUT2D eigenvalue weighted by Gasteiger charge is -2.16. The number of hydrogen-bond acceptors (Lipinski definition) is 3. The van der Waals surface area contributed by atoms with Gasteiger partial charge in [0.1, 0.15) is 5.75 Å². The van der Waals surface area contributed by atoms with E-state index in [0.717, 1.165) is 11.3 Å². The predicted octanol–water partition coefficient (Wildman–Crippen LogP) is 3.73. The highest BCUT2D eigenvalue weighted by Crippen LogP contribution is 2.33. The normalized spacial score (nSPS) is 12.5. The van der Waals surface area contributed by atoms with Crippen molar-refractivity contribution in [2.75, 3.05) is 7.11 Å². The molecule has 0 aliphatic heterocycles. The van der Waals surface area contributed by atoms with Gasteiger partial charge >= 0.3 is 0 Å². The molecule has 0 radical (unpaired) electrons. The maximum absolute atomic E-state index is 6.40. The molecule has 96 valence electrons. The van der Waals surface area contributed by atoms with Gasteiger partial charge in [-0.3, -0.25) is 0 Å². The third kappa shape index (κ3) is 2.42. The average molecular weight is 261 g/mol. The molecule has 3 heteroatoms. The van der Waals surface area contributed by atoms with Crippen LogP contribution in [0.1, 0.15) is 32.5 Å². The van der Waals surface area contributed by atoms with Crippen LogP contribution >= 0.6 is 11.3 Å². The Bertz CT molecular complexity index is 560. The number of hydrogen-bond donors (Lipinski definition) is 1. The van der Waals surface area contributed by atoms with Crippen molar-refractivity contribution in [1.82, 2.24) is 0 Å². The number of benzene rings is 1. The third-order valence-electron chi connectivity index (χ3n) is 3.13. The van der Waals surface area contributed by atoms with Gasteiger partial charge in [-0.2, -0.15) is 0 Å². The lowest BCUT2D eigenvalue weighted by molar-refractivity contribution is 0.407. The highest BCUT2D eigenvalue weighted by Gasteiger charge is 2.17. The molecule has 0 bridgehead atoms. The molecule has 0 spiro atoms. The van der Waals surface area contributed by atoms with Gasteiger partial charge < -0.3 is 10.5 Å². The Hall–Kier alpha value is -1.32. The molecule has 2 rings (SSSR count). The van der Waals surface area contributed by atoms with Crippen LogP contribution in [0.5, 0.6) is 5.75 Å². The largest absolute Gasteiger partial charge is 0.496 e. The SMILES string of the molecule is COc1ccc(C)cc1C(N)c1cc(C)sc1C. The van der Waals surface area contributed by atoms with Gasteiger partial charge in [-0.05, 0) is 38.5 Å². The molecule has 1 unspecified atom stereocenters. The Morgan fingerprint density at radius 2 is 1.83 bits per heavy atom. The van der Waals surface area contributed by atoms with E-state index < -0.39 is 0 Å². The first kappa shape index (κ1) is 13.1. The van der Waals surface area contributed by atoms with Crippen LogP contribution in [0, 0.1) is 20.8 Å². The predicted molar refractivity (Wildman–Crippen MR) is 77.6 cm³/mol. The lowest BCUT2D eigenvalue weighted by atomic mass is 9.97. The molecular weight excluding hydrogens is 242 g/mol. The molecule has 0 saturated carbocycles. The van der Waals surface area contributed by atoms with E-state index in [4.69, 9.17) is 10.5 Å². The quantitative estimate of drug-likeness (QED) is 0.913. The van der Waals surface area contributed by atoms with Gasteiger partial charge in [-0.25, -0.2) is 0 Å². The van der Waals surface area contributed by atoms with Crippen LogP contribution in [0.4, 0.5) is 0 Å². The molecule has 1 aromatic carbocycles. The fourth-order valence-corrected chi connectivity index (χ4v) is 3.20. The summed E-state index contributed by atoms with van der Waals surface area (Å²) in [6.07, 6.45) is 0. The molecule has 1 heterocycles. The number of nitrogens with two attached hydrogens (primary N) is 1. The van der Waals surface area contributed by atoms with E-state index in [9.17, 15) is 0 Å². The molecule has 2 N–H and O–H groups in total. The van der Waals surface area contributed by atoms with Crippen LogP contribution in [0.25, 0.3) is 0 Å². The standard InChI is InChI=1S/C15H19NOS/c1-9-5-6-14(17-4)13(7-9)15(16)12-8-10(2)18-11(12)3/h5-8,15H,16H2,1-4H3. The minimum Gasteiger partial charge on any atom is -0.496 e. The third-order valence-corrected chi connectivity index (χ3v) is 4.12. The molecule has 1 aromatic heterocycles. The molecule has 0 fully saturated rings. The molecule has 0 amide bonds. The van der Waals surface area contributed by atoms with Crippen molar-refractivity contribution in [1.29, 1.82) is 0 Å². The number of thiophene rings is 1. The van der Waals surface area contributed by atoms with Gasteiger partial charge in [0.25, 0.3) is 0 Å². The fourth-order valence-electron chi connectivity index (χ4n) is 2.22. The van der Waals surface area contributed by atoms with Crippen molar-refractivity contribution >= 4 is 11.3 Å². The highest BCUT2D eigenvalue weighted by atomic mass is 32.1. The van der Waals surface area contributed by atoms with Crippen molar-refractivity contribution in [2.24, 2.45) is 5.73 Å². The van der Waals surface area contributed by atoms with Crippen LogP contribution in [-0.4, -0.2) is 7.11 Å². The Balaban J connectivity index is 2.48. The average Bonchev–Trinajstić information content (AvgIpc) is 2.67. The van der Waals surface area contributed by atoms with Crippen molar-refractivity contribution in [3.05, 3.63) is 50.7 Å². The number of rotatable bonds is 3. The van der Waals surface area contributed by atoms with Gasteiger partial charge in [-0.1, -0.05) is 17.7 Å². The number of aryl methyl sites for hydroxylation is 3. The summed E-state index contributed by atoms with van der Waals surface area (Å²) in [6, 6.07) is 8.19. The Labute approximate surface area is 112 Å². The molecule has 2 nitrogen and oxygen atoms in total. The van der Waals surface area contributed by atoms with Gasteiger partial charge in [0.05, 0.1) is 13.2 Å². The summed E-state index contributed by atoms with van der Waals surface area (Å²) in [4.78, 5) is 2.58. The molecular formula is C15H19NOS. The van der Waals surface area contributed by atoms with Crippen LogP contribution < -0.4 is 10.5 Å². The van der Waals surface area contributed by atoms with Crippen molar-refractivity contribution < 1.29 is 4.74 Å². The first-order valence-corrected chi connectivity index (χ1v) is 6.81. The molecule has 18 heavy (non-hydrogen) atoms. The molecule has 0 aliphatic carbocycles. The zero-order valence-corrected chi connectivity index (χ0v) is 12.1. The van der Waals surface area contributed by atoms with Gasteiger partial charge in [0.15, 0.2) is 0 Å². The smallest absolute Gasteiger partial charge is 0.123 e. The molecule has 2 aromatic rings. The summed E-state index contributed by atoms with van der Waals surface area (Å²) >= 11 is 1.79. The van der Waals surface area contributed by atoms with Crippen molar-refractivity contribution in [3.8, 4) is 5.75 Å². The maximum atomic E-state index is 6.40. The summed E-state index contributed by atoms with van der Waals surface area (Å²) in [5.74, 6) is 0.858. The second-order valence-electron chi connectivity index (χ2n) is 4.59. The molecule has 0 aliphatic rings. The van der Waals surface area contributed by atoms with E-state index in [1.54, 1.807) is 18.4 Å². The minimum absolute atomic E-state index is 0.121. The van der Waals surface area contributed by atoms with Crippen LogP contribution in [-0.2, 0) is 0 Å². The second-order valence-corrected chi connectivity index (χ2v) is 6.05. The summed E-state index contributed by atoms with van der Waals surface area (Å²) < 4.78 is 5.41. The lowest BCUT2D eigenvalue weighted by Crippen LogP contribution is -2.13. The van der Waals surface area contributed by atoms with E-state index in [2.05, 4.69) is 32.9 Å². The van der Waals surface area contributed by atoms with E-state index >= 15 is 0 Å². The van der Waals surface area contributed by atoms with Crippen LogP contribution in [0.15, 0.2) is 24.3 Å². The van der Waals surface area contributed by atoms with E-state index in [1.807, 2.05) is 12.1 Å². The van der Waals surface area contributed by atoms with Crippen LogP contribution in [0.2, 0.25) is 0 Å². The number of ether oxygens (including phenoxy) is 1. The second kappa shape index (κ2) is 5.12. The first-order valence-electron chi connectivity index (χ1n) is 6.00. The summed E-state index contributed by atoms with van der Waals surface area (Å²) in [5, 5.41) is 0. The Morgan fingerprint density at radius 3 is 2.39 bits per heavy atom. The van der Waals surface area contributed by atoms with Gasteiger partial charge in [0.2, 0.25) is 0 Å². The zero-order chi connectivity index (χ0) is 13.3. The maximum Gasteiger partial charge on any atom is 0.123 e. The molecule has 0 saturated heterocycles. The monoisotopic (exact) mass is 261 g/mol. The van der Waals surface area contributed by atoms with Gasteiger partial charge in [0, 0.05) is 15.3 Å². The first-order chi connectivity index (χ1) is 8.52. The van der Waals surface area contributed by atoms with E-state index in [-0.39, 0.29) is 6.04 Å². The Kier molecular flexibility index (Phi) is 3.73.